The Balaban J connectivity index is 2.27. The molecule has 2 aromatic rings. The van der Waals surface area contributed by atoms with Crippen molar-refractivity contribution in [2.45, 2.75) is 25.3 Å². The molecule has 108 valence electrons. The second kappa shape index (κ2) is 6.27. The lowest BCUT2D eigenvalue weighted by molar-refractivity contribution is 0.580. The third-order valence-corrected chi connectivity index (χ3v) is 7.04. The van der Waals surface area contributed by atoms with Gasteiger partial charge in [0.25, 0.3) is 0 Å². The molecule has 20 heavy (non-hydrogen) atoms. The largest absolute Gasteiger partial charge is 0.242 e. The van der Waals surface area contributed by atoms with E-state index in [4.69, 9.17) is 0 Å². The van der Waals surface area contributed by atoms with E-state index in [1.165, 1.54) is 0 Å². The van der Waals surface area contributed by atoms with Crippen molar-refractivity contribution < 1.29 is 8.42 Å². The first-order valence-corrected chi connectivity index (χ1v) is 9.79. The number of aryl methyl sites for hydroxylation is 2. The molecular weight excluding hydrogens is 426 g/mol. The maximum atomic E-state index is 12.4. The highest BCUT2D eigenvalue weighted by Crippen LogP contribution is 2.29. The number of benzene rings is 1. The number of halogens is 2. The van der Waals surface area contributed by atoms with Crippen LogP contribution in [-0.4, -0.2) is 8.42 Å². The maximum Gasteiger partial charge on any atom is 0.242 e. The second-order valence-electron chi connectivity index (χ2n) is 4.44. The van der Waals surface area contributed by atoms with Crippen LogP contribution in [0.5, 0.6) is 0 Å². The molecule has 0 radical (unpaired) electrons. The molecule has 3 nitrogen and oxygen atoms in total. The van der Waals surface area contributed by atoms with Gasteiger partial charge in [0, 0.05) is 15.5 Å². The molecule has 0 saturated heterocycles. The van der Waals surface area contributed by atoms with E-state index in [9.17, 15) is 8.42 Å². The van der Waals surface area contributed by atoms with E-state index in [1.807, 2.05) is 24.6 Å². The summed E-state index contributed by atoms with van der Waals surface area (Å²) in [5, 5.41) is 3.96. The Labute approximate surface area is 139 Å². The van der Waals surface area contributed by atoms with E-state index in [0.29, 0.717) is 11.0 Å². The van der Waals surface area contributed by atoms with Crippen LogP contribution < -0.4 is 4.72 Å². The van der Waals surface area contributed by atoms with Gasteiger partial charge in [-0.2, -0.15) is 11.3 Å². The third-order valence-electron chi connectivity index (χ3n) is 2.92. The fourth-order valence-electron chi connectivity index (χ4n) is 1.65. The lowest BCUT2D eigenvalue weighted by Crippen LogP contribution is -2.23. The van der Waals surface area contributed by atoms with E-state index in [0.717, 1.165) is 21.2 Å². The number of rotatable bonds is 4. The highest BCUT2D eigenvalue weighted by atomic mass is 79.9. The summed E-state index contributed by atoms with van der Waals surface area (Å²) in [6.45, 7) is 4.18. The lowest BCUT2D eigenvalue weighted by atomic mass is 10.2. The van der Waals surface area contributed by atoms with E-state index >= 15 is 0 Å². The highest BCUT2D eigenvalue weighted by molar-refractivity contribution is 9.11. The van der Waals surface area contributed by atoms with Gasteiger partial charge in [-0.25, -0.2) is 13.1 Å². The minimum absolute atomic E-state index is 0.239. The lowest BCUT2D eigenvalue weighted by Gasteiger charge is -2.10. The standard InChI is InChI=1S/C13H13Br2NO2S2/c1-8-3-12(15)13(4-11(8)14)20(17,18)16-5-10-7-19-6-9(10)2/h3-4,6-7,16H,5H2,1-2H3. The van der Waals surface area contributed by atoms with Gasteiger partial charge in [0.05, 0.1) is 4.90 Å². The molecule has 0 atom stereocenters. The van der Waals surface area contributed by atoms with Crippen LogP contribution in [0.15, 0.2) is 36.7 Å². The first-order chi connectivity index (χ1) is 9.31. The number of hydrogen-bond donors (Lipinski definition) is 1. The first kappa shape index (κ1) is 16.2. The fraction of sp³-hybridized carbons (Fsp3) is 0.231. The summed E-state index contributed by atoms with van der Waals surface area (Å²) in [6, 6.07) is 3.40. The van der Waals surface area contributed by atoms with Gasteiger partial charge in [-0.1, -0.05) is 15.9 Å². The molecule has 0 bridgehead atoms. The molecule has 1 N–H and O–H groups in total. The van der Waals surface area contributed by atoms with Gasteiger partial charge in [0.15, 0.2) is 0 Å². The van der Waals surface area contributed by atoms with E-state index in [2.05, 4.69) is 36.6 Å². The zero-order chi connectivity index (χ0) is 14.9. The summed E-state index contributed by atoms with van der Waals surface area (Å²) in [7, 11) is -3.55. The summed E-state index contributed by atoms with van der Waals surface area (Å²) in [4.78, 5) is 0.239. The molecule has 0 aliphatic carbocycles. The second-order valence-corrected chi connectivity index (χ2v) is 8.62. The average molecular weight is 439 g/mol. The van der Waals surface area contributed by atoms with Crippen molar-refractivity contribution in [2.24, 2.45) is 0 Å². The third kappa shape index (κ3) is 3.51. The number of nitrogens with one attached hydrogen (secondary N) is 1. The van der Waals surface area contributed by atoms with Crippen LogP contribution in [0, 0.1) is 13.8 Å². The number of thiophene rings is 1. The number of hydrogen-bond acceptors (Lipinski definition) is 3. The average Bonchev–Trinajstić information content (AvgIpc) is 2.77. The Bertz CT molecular complexity index is 739. The minimum Gasteiger partial charge on any atom is -0.207 e. The molecule has 0 aliphatic rings. The summed E-state index contributed by atoms with van der Waals surface area (Å²) >= 11 is 8.24. The fourth-order valence-corrected chi connectivity index (χ4v) is 5.19. The van der Waals surface area contributed by atoms with E-state index in [-0.39, 0.29) is 4.90 Å². The van der Waals surface area contributed by atoms with Crippen LogP contribution in [0.2, 0.25) is 0 Å². The molecule has 7 heteroatoms. The molecule has 0 fully saturated rings. The minimum atomic E-state index is -3.55. The van der Waals surface area contributed by atoms with Crippen LogP contribution in [0.1, 0.15) is 16.7 Å². The summed E-state index contributed by atoms with van der Waals surface area (Å²) in [5.74, 6) is 0. The van der Waals surface area contributed by atoms with Crippen molar-refractivity contribution in [1.29, 1.82) is 0 Å². The zero-order valence-corrected chi connectivity index (χ0v) is 15.7. The van der Waals surface area contributed by atoms with Gasteiger partial charge >= 0.3 is 0 Å². The molecule has 0 amide bonds. The Morgan fingerprint density at radius 2 is 1.80 bits per heavy atom. The number of sulfonamides is 1. The van der Waals surface area contributed by atoms with Crippen LogP contribution >= 0.6 is 43.2 Å². The summed E-state index contributed by atoms with van der Waals surface area (Å²) < 4.78 is 28.7. The normalized spacial score (nSPS) is 11.8. The molecule has 1 aromatic carbocycles. The van der Waals surface area contributed by atoms with Gasteiger partial charge in [-0.3, -0.25) is 0 Å². The van der Waals surface area contributed by atoms with Gasteiger partial charge in [0.2, 0.25) is 10.0 Å². The first-order valence-electron chi connectivity index (χ1n) is 5.78. The van der Waals surface area contributed by atoms with Crippen molar-refractivity contribution in [2.75, 3.05) is 0 Å². The van der Waals surface area contributed by atoms with Crippen molar-refractivity contribution in [1.82, 2.24) is 4.72 Å². The quantitative estimate of drug-likeness (QED) is 0.770. The van der Waals surface area contributed by atoms with Crippen LogP contribution in [0.4, 0.5) is 0 Å². The molecule has 0 saturated carbocycles. The summed E-state index contributed by atoms with van der Waals surface area (Å²) in [6.07, 6.45) is 0. The van der Waals surface area contributed by atoms with Crippen molar-refractivity contribution in [3.05, 3.63) is 48.5 Å². The predicted molar refractivity (Wildman–Crippen MR) is 89.7 cm³/mol. The van der Waals surface area contributed by atoms with Gasteiger partial charge in [0.1, 0.15) is 0 Å². The van der Waals surface area contributed by atoms with Crippen molar-refractivity contribution in [3.8, 4) is 0 Å². The summed E-state index contributed by atoms with van der Waals surface area (Å²) in [5.41, 5.74) is 3.08. The van der Waals surface area contributed by atoms with Gasteiger partial charge < -0.3 is 0 Å². The molecule has 0 aliphatic heterocycles. The Kier molecular flexibility index (Phi) is 5.07. The van der Waals surface area contributed by atoms with Crippen LogP contribution in [-0.2, 0) is 16.6 Å². The van der Waals surface area contributed by atoms with Crippen LogP contribution in [0.25, 0.3) is 0 Å². The molecule has 0 spiro atoms. The van der Waals surface area contributed by atoms with Crippen molar-refractivity contribution in [3.63, 3.8) is 0 Å². The molecule has 1 heterocycles. The molecule has 0 unspecified atom stereocenters. The van der Waals surface area contributed by atoms with Crippen molar-refractivity contribution >= 4 is 53.2 Å². The predicted octanol–water partition coefficient (Wildman–Crippen LogP) is 4.37. The van der Waals surface area contributed by atoms with Crippen LogP contribution in [0.3, 0.4) is 0 Å². The Morgan fingerprint density at radius 1 is 1.10 bits per heavy atom. The zero-order valence-electron chi connectivity index (χ0n) is 10.9. The SMILES string of the molecule is Cc1cc(Br)c(S(=O)(=O)NCc2cscc2C)cc1Br. The Morgan fingerprint density at radius 3 is 2.40 bits per heavy atom. The maximum absolute atomic E-state index is 12.4. The highest BCUT2D eigenvalue weighted by Gasteiger charge is 2.19. The molecular formula is C13H13Br2NO2S2. The smallest absolute Gasteiger partial charge is 0.207 e. The monoisotopic (exact) mass is 437 g/mol. The van der Waals surface area contributed by atoms with Gasteiger partial charge in [-0.05, 0) is 69.4 Å². The van der Waals surface area contributed by atoms with Gasteiger partial charge in [-0.15, -0.1) is 0 Å². The van der Waals surface area contributed by atoms with E-state index < -0.39 is 10.0 Å². The van der Waals surface area contributed by atoms with E-state index in [1.54, 1.807) is 23.5 Å². The Hall–Kier alpha value is -0.210. The topological polar surface area (TPSA) is 46.2 Å². The molecule has 2 rings (SSSR count). The molecule has 1 aromatic heterocycles.